The van der Waals surface area contributed by atoms with Gasteiger partial charge in [-0.3, -0.25) is 24.5 Å². The van der Waals surface area contributed by atoms with Gasteiger partial charge in [0.2, 0.25) is 5.91 Å². The molecular formula is C14H16ClN3O6. The molecule has 2 N–H and O–H groups in total. The van der Waals surface area contributed by atoms with Gasteiger partial charge < -0.3 is 15.4 Å². The minimum Gasteiger partial charge on any atom is -0.452 e. The number of non-ortho nitro benzene ring substituents is 1. The Morgan fingerprint density at radius 3 is 2.58 bits per heavy atom. The molecular weight excluding hydrogens is 342 g/mol. The van der Waals surface area contributed by atoms with Crippen LogP contribution in [0.5, 0.6) is 0 Å². The fourth-order valence-corrected chi connectivity index (χ4v) is 1.83. The number of carbonyl (C=O) groups excluding carboxylic acids is 3. The van der Waals surface area contributed by atoms with E-state index in [-0.39, 0.29) is 35.3 Å². The topological polar surface area (TPSA) is 128 Å². The van der Waals surface area contributed by atoms with Crippen LogP contribution < -0.4 is 10.6 Å². The van der Waals surface area contributed by atoms with Crippen molar-refractivity contribution in [1.29, 1.82) is 0 Å². The summed E-state index contributed by atoms with van der Waals surface area (Å²) in [5, 5.41) is 15.5. The number of nitro groups is 1. The normalized spacial score (nSPS) is 11.3. The number of anilines is 1. The van der Waals surface area contributed by atoms with Crippen LogP contribution in [0.15, 0.2) is 18.2 Å². The van der Waals surface area contributed by atoms with Gasteiger partial charge in [-0.15, -0.1) is 0 Å². The van der Waals surface area contributed by atoms with Gasteiger partial charge in [0.15, 0.2) is 6.10 Å². The summed E-state index contributed by atoms with van der Waals surface area (Å²) in [4.78, 5) is 44.2. The molecule has 0 aromatic heterocycles. The average Bonchev–Trinajstić information content (AvgIpc) is 2.48. The number of nitrogens with one attached hydrogen (secondary N) is 2. The number of ether oxygens (including phenoxy) is 1. The van der Waals surface area contributed by atoms with E-state index in [1.165, 1.54) is 26.0 Å². The van der Waals surface area contributed by atoms with Crippen LogP contribution in [0.3, 0.4) is 0 Å². The van der Waals surface area contributed by atoms with Crippen LogP contribution in [0.2, 0.25) is 5.02 Å². The van der Waals surface area contributed by atoms with Crippen LogP contribution in [0.25, 0.3) is 0 Å². The third-order valence-corrected chi connectivity index (χ3v) is 3.11. The molecule has 0 bridgehead atoms. The van der Waals surface area contributed by atoms with Crippen molar-refractivity contribution >= 4 is 40.8 Å². The number of rotatable bonds is 7. The SMILES string of the molecule is CC(=O)NCCC(=O)O[C@@H](C)C(=O)Nc1ccc([N+](=O)[O-])cc1Cl. The number of esters is 1. The first-order chi connectivity index (χ1) is 11.2. The standard InChI is InChI=1S/C14H16ClN3O6/c1-8(24-13(20)5-6-16-9(2)19)14(21)17-12-4-3-10(18(22)23)7-11(12)15/h3-4,7-8H,5-6H2,1-2H3,(H,16,19)(H,17,21)/t8-/m0/s1. The maximum Gasteiger partial charge on any atom is 0.308 e. The molecule has 0 heterocycles. The highest BCUT2D eigenvalue weighted by Gasteiger charge is 2.19. The highest BCUT2D eigenvalue weighted by atomic mass is 35.5. The molecule has 0 spiro atoms. The Balaban J connectivity index is 2.56. The molecule has 0 fully saturated rings. The second kappa shape index (κ2) is 8.82. The van der Waals surface area contributed by atoms with Crippen molar-refractivity contribution in [3.8, 4) is 0 Å². The van der Waals surface area contributed by atoms with Crippen molar-refractivity contribution in [1.82, 2.24) is 5.32 Å². The quantitative estimate of drug-likeness (QED) is 0.434. The van der Waals surface area contributed by atoms with Crippen LogP contribution in [0.4, 0.5) is 11.4 Å². The Labute approximate surface area is 142 Å². The van der Waals surface area contributed by atoms with E-state index in [9.17, 15) is 24.5 Å². The van der Waals surface area contributed by atoms with Crippen LogP contribution >= 0.6 is 11.6 Å². The number of hydrogen-bond donors (Lipinski definition) is 2. The lowest BCUT2D eigenvalue weighted by atomic mass is 10.2. The Morgan fingerprint density at radius 2 is 2.04 bits per heavy atom. The largest absolute Gasteiger partial charge is 0.452 e. The van der Waals surface area contributed by atoms with E-state index in [4.69, 9.17) is 16.3 Å². The summed E-state index contributed by atoms with van der Waals surface area (Å²) in [6.07, 6.45) is -1.17. The Morgan fingerprint density at radius 1 is 1.38 bits per heavy atom. The lowest BCUT2D eigenvalue weighted by Gasteiger charge is -2.14. The van der Waals surface area contributed by atoms with Gasteiger partial charge in [-0.25, -0.2) is 0 Å². The molecule has 0 aliphatic carbocycles. The summed E-state index contributed by atoms with van der Waals surface area (Å²) in [5.74, 6) is -1.57. The lowest BCUT2D eigenvalue weighted by Crippen LogP contribution is -2.31. The molecule has 1 rings (SSSR count). The lowest BCUT2D eigenvalue weighted by molar-refractivity contribution is -0.384. The summed E-state index contributed by atoms with van der Waals surface area (Å²) in [7, 11) is 0. The zero-order chi connectivity index (χ0) is 18.3. The zero-order valence-electron chi connectivity index (χ0n) is 13.0. The maximum atomic E-state index is 12.0. The van der Waals surface area contributed by atoms with Crippen molar-refractivity contribution < 1.29 is 24.0 Å². The zero-order valence-corrected chi connectivity index (χ0v) is 13.8. The molecule has 0 unspecified atom stereocenters. The molecule has 1 aromatic rings. The highest BCUT2D eigenvalue weighted by molar-refractivity contribution is 6.34. The molecule has 1 atom stereocenters. The summed E-state index contributed by atoms with van der Waals surface area (Å²) < 4.78 is 4.91. The molecule has 0 saturated heterocycles. The molecule has 0 aliphatic rings. The Bertz CT molecular complexity index is 664. The number of nitrogens with zero attached hydrogens (tertiary/aromatic N) is 1. The summed E-state index contributed by atoms with van der Waals surface area (Å²) in [6.45, 7) is 2.79. The van der Waals surface area contributed by atoms with Crippen molar-refractivity contribution in [2.75, 3.05) is 11.9 Å². The summed E-state index contributed by atoms with van der Waals surface area (Å²) >= 11 is 5.86. The van der Waals surface area contributed by atoms with Gasteiger partial charge in [0, 0.05) is 25.6 Å². The highest BCUT2D eigenvalue weighted by Crippen LogP contribution is 2.26. The van der Waals surface area contributed by atoms with Crippen LogP contribution in [-0.4, -0.2) is 35.4 Å². The number of amides is 2. The Kier molecular flexibility index (Phi) is 7.12. The minimum atomic E-state index is -1.10. The third kappa shape index (κ3) is 6.21. The second-order valence-electron chi connectivity index (χ2n) is 4.78. The summed E-state index contributed by atoms with van der Waals surface area (Å²) in [6, 6.07) is 3.57. The van der Waals surface area contributed by atoms with E-state index < -0.39 is 22.9 Å². The van der Waals surface area contributed by atoms with Crippen molar-refractivity contribution in [2.45, 2.75) is 26.4 Å². The van der Waals surface area contributed by atoms with Gasteiger partial charge in [0.05, 0.1) is 22.1 Å². The Hall–Kier alpha value is -2.68. The molecule has 1 aromatic carbocycles. The number of benzene rings is 1. The molecule has 0 saturated carbocycles. The van der Waals surface area contributed by atoms with Crippen LogP contribution in [0, 0.1) is 10.1 Å². The van der Waals surface area contributed by atoms with Gasteiger partial charge in [0.1, 0.15) is 0 Å². The average molecular weight is 358 g/mol. The van der Waals surface area contributed by atoms with Gasteiger partial charge in [-0.1, -0.05) is 11.6 Å². The molecule has 130 valence electrons. The maximum absolute atomic E-state index is 12.0. The van der Waals surface area contributed by atoms with Gasteiger partial charge in [-0.05, 0) is 13.0 Å². The van der Waals surface area contributed by atoms with E-state index in [1.54, 1.807) is 0 Å². The number of nitro benzene ring substituents is 1. The van der Waals surface area contributed by atoms with Gasteiger partial charge in [0.25, 0.3) is 11.6 Å². The fourth-order valence-electron chi connectivity index (χ4n) is 1.60. The van der Waals surface area contributed by atoms with Crippen LogP contribution in [0.1, 0.15) is 20.3 Å². The fraction of sp³-hybridized carbons (Fsp3) is 0.357. The van der Waals surface area contributed by atoms with Gasteiger partial charge in [-0.2, -0.15) is 0 Å². The third-order valence-electron chi connectivity index (χ3n) is 2.80. The van der Waals surface area contributed by atoms with E-state index in [0.717, 1.165) is 6.07 Å². The smallest absolute Gasteiger partial charge is 0.308 e. The van der Waals surface area contributed by atoms with E-state index >= 15 is 0 Å². The first-order valence-corrected chi connectivity index (χ1v) is 7.27. The van der Waals surface area contributed by atoms with E-state index in [1.807, 2.05) is 0 Å². The molecule has 0 aliphatic heterocycles. The van der Waals surface area contributed by atoms with Crippen molar-refractivity contribution in [3.63, 3.8) is 0 Å². The number of halogens is 1. The van der Waals surface area contributed by atoms with Crippen LogP contribution in [-0.2, 0) is 19.1 Å². The van der Waals surface area contributed by atoms with Crippen molar-refractivity contribution in [3.05, 3.63) is 33.3 Å². The van der Waals surface area contributed by atoms with Gasteiger partial charge >= 0.3 is 5.97 Å². The molecule has 2 amide bonds. The predicted octanol–water partition coefficient (Wildman–Crippen LogP) is 1.64. The minimum absolute atomic E-state index is 0.0123. The van der Waals surface area contributed by atoms with E-state index in [2.05, 4.69) is 10.6 Å². The molecule has 0 radical (unpaired) electrons. The van der Waals surface area contributed by atoms with E-state index in [0.29, 0.717) is 0 Å². The molecule has 24 heavy (non-hydrogen) atoms. The molecule has 9 nitrogen and oxygen atoms in total. The first kappa shape index (κ1) is 19.4. The first-order valence-electron chi connectivity index (χ1n) is 6.89. The number of carbonyl (C=O) groups is 3. The monoisotopic (exact) mass is 357 g/mol. The second-order valence-corrected chi connectivity index (χ2v) is 5.18. The predicted molar refractivity (Wildman–Crippen MR) is 85.6 cm³/mol. The van der Waals surface area contributed by atoms with Crippen molar-refractivity contribution in [2.24, 2.45) is 0 Å². The summed E-state index contributed by atoms with van der Waals surface area (Å²) in [5.41, 5.74) is -0.0520. The number of hydrogen-bond acceptors (Lipinski definition) is 6. The molecule has 10 heteroatoms.